The topological polar surface area (TPSA) is 68.7 Å². The van der Waals surface area contributed by atoms with E-state index in [1.807, 2.05) is 30.1 Å². The lowest BCUT2D eigenvalue weighted by atomic mass is 9.67. The minimum absolute atomic E-state index is 0.130. The van der Waals surface area contributed by atoms with Crippen LogP contribution in [0.4, 0.5) is 10.2 Å². The Hall–Kier alpha value is -2.55. The number of nitrogens with zero attached hydrogens (tertiary/aromatic N) is 3. The van der Waals surface area contributed by atoms with E-state index in [2.05, 4.69) is 32.2 Å². The SMILES string of the molecule is COCOc1cc(C2=CCOC2)ccc1-c1cnc(N(C)[C@H]2C[C@@H]3CC[C@](C(C)(C)C)(N3)[C@H]2F)cn1. The van der Waals surface area contributed by atoms with Crippen molar-refractivity contribution in [1.82, 2.24) is 15.3 Å². The van der Waals surface area contributed by atoms with Gasteiger partial charge in [0.05, 0.1) is 42.9 Å². The molecule has 0 saturated carbocycles. The molecule has 4 atom stereocenters. The summed E-state index contributed by atoms with van der Waals surface area (Å²) in [5.41, 5.74) is 3.01. The predicted molar refractivity (Wildman–Crippen MR) is 139 cm³/mol. The van der Waals surface area contributed by atoms with Crippen molar-refractivity contribution in [2.45, 2.75) is 63.8 Å². The summed E-state index contributed by atoms with van der Waals surface area (Å²) < 4.78 is 32.6. The van der Waals surface area contributed by atoms with Gasteiger partial charge in [0, 0.05) is 25.8 Å². The van der Waals surface area contributed by atoms with Crippen LogP contribution in [0.5, 0.6) is 5.75 Å². The van der Waals surface area contributed by atoms with Crippen LogP contribution in [0.1, 0.15) is 45.6 Å². The molecule has 2 aromatic rings. The van der Waals surface area contributed by atoms with Crippen LogP contribution < -0.4 is 15.0 Å². The summed E-state index contributed by atoms with van der Waals surface area (Å²) in [5.74, 6) is 1.34. The molecule has 0 unspecified atom stereocenters. The Bertz CT molecular complexity index is 1120. The zero-order chi connectivity index (χ0) is 25.5. The number of ether oxygens (including phenoxy) is 3. The average molecular weight is 497 g/mol. The van der Waals surface area contributed by atoms with Crippen molar-refractivity contribution in [3.63, 3.8) is 0 Å². The summed E-state index contributed by atoms with van der Waals surface area (Å²) >= 11 is 0. The van der Waals surface area contributed by atoms with Crippen molar-refractivity contribution < 1.29 is 18.6 Å². The first kappa shape index (κ1) is 25.1. The first-order valence-corrected chi connectivity index (χ1v) is 12.7. The maximum absolute atomic E-state index is 16.1. The molecule has 36 heavy (non-hydrogen) atoms. The second-order valence-electron chi connectivity index (χ2n) is 11.2. The van der Waals surface area contributed by atoms with Gasteiger partial charge in [-0.05, 0) is 47.9 Å². The summed E-state index contributed by atoms with van der Waals surface area (Å²) in [7, 11) is 3.53. The second-order valence-corrected chi connectivity index (χ2v) is 11.2. The van der Waals surface area contributed by atoms with E-state index in [-0.39, 0.29) is 18.2 Å². The summed E-state index contributed by atoms with van der Waals surface area (Å²) in [5, 5.41) is 3.63. The zero-order valence-corrected chi connectivity index (χ0v) is 21.9. The van der Waals surface area contributed by atoms with Crippen molar-refractivity contribution in [1.29, 1.82) is 0 Å². The van der Waals surface area contributed by atoms with Crippen LogP contribution in [0.3, 0.4) is 0 Å². The van der Waals surface area contributed by atoms with Crippen molar-refractivity contribution in [2.75, 3.05) is 39.1 Å². The number of aromatic nitrogens is 2. The van der Waals surface area contributed by atoms with E-state index >= 15 is 4.39 Å². The van der Waals surface area contributed by atoms with Gasteiger partial charge < -0.3 is 24.4 Å². The summed E-state index contributed by atoms with van der Waals surface area (Å²) in [6.45, 7) is 7.75. The average Bonchev–Trinajstić information content (AvgIpc) is 3.54. The van der Waals surface area contributed by atoms with E-state index in [1.54, 1.807) is 19.5 Å². The highest BCUT2D eigenvalue weighted by Crippen LogP contribution is 2.49. The third-order valence-corrected chi connectivity index (χ3v) is 8.18. The number of nitrogens with one attached hydrogen (secondary N) is 1. The van der Waals surface area contributed by atoms with E-state index in [4.69, 9.17) is 24.2 Å². The molecule has 1 aromatic carbocycles. The van der Waals surface area contributed by atoms with E-state index in [0.29, 0.717) is 36.5 Å². The number of rotatable bonds is 7. The highest BCUT2D eigenvalue weighted by Gasteiger charge is 2.59. The Balaban J connectivity index is 1.39. The number of alkyl halides is 1. The van der Waals surface area contributed by atoms with Gasteiger partial charge >= 0.3 is 0 Å². The van der Waals surface area contributed by atoms with Crippen LogP contribution in [0.25, 0.3) is 16.8 Å². The van der Waals surface area contributed by atoms with Gasteiger partial charge in [0.1, 0.15) is 17.7 Å². The number of hydrogen-bond acceptors (Lipinski definition) is 7. The van der Waals surface area contributed by atoms with Crippen molar-refractivity contribution in [2.24, 2.45) is 5.41 Å². The Morgan fingerprint density at radius 1 is 1.25 bits per heavy atom. The molecular formula is C28H37FN4O3. The van der Waals surface area contributed by atoms with Crippen LogP contribution in [-0.2, 0) is 9.47 Å². The Morgan fingerprint density at radius 2 is 2.08 bits per heavy atom. The van der Waals surface area contributed by atoms with E-state index in [1.165, 1.54) is 0 Å². The summed E-state index contributed by atoms with van der Waals surface area (Å²) in [4.78, 5) is 11.4. The highest BCUT2D eigenvalue weighted by molar-refractivity contribution is 5.75. The van der Waals surface area contributed by atoms with Gasteiger partial charge in [-0.15, -0.1) is 0 Å². The van der Waals surface area contributed by atoms with Crippen molar-refractivity contribution in [3.05, 3.63) is 42.2 Å². The summed E-state index contributed by atoms with van der Waals surface area (Å²) in [6.07, 6.45) is 7.18. The maximum atomic E-state index is 16.1. The monoisotopic (exact) mass is 496 g/mol. The molecule has 3 aliphatic rings. The third kappa shape index (κ3) is 4.40. The maximum Gasteiger partial charge on any atom is 0.188 e. The van der Waals surface area contributed by atoms with Gasteiger partial charge in [0.15, 0.2) is 6.79 Å². The predicted octanol–water partition coefficient (Wildman–Crippen LogP) is 4.62. The Kier molecular flexibility index (Phi) is 6.78. The van der Waals surface area contributed by atoms with Gasteiger partial charge in [-0.25, -0.2) is 9.37 Å². The minimum Gasteiger partial charge on any atom is -0.467 e. The Labute approximate surface area is 213 Å². The molecule has 0 radical (unpaired) electrons. The molecule has 2 bridgehead atoms. The minimum atomic E-state index is -1.00. The first-order valence-electron chi connectivity index (χ1n) is 12.7. The smallest absolute Gasteiger partial charge is 0.188 e. The Morgan fingerprint density at radius 3 is 2.75 bits per heavy atom. The number of halogens is 1. The number of fused-ring (bicyclic) bond motifs is 2. The molecule has 0 aliphatic carbocycles. The number of methoxy groups -OCH3 is 1. The standard InChI is InChI=1S/C28H37FN4O3/c1-27(2,3)28-10-8-20(32-28)13-23(26(28)29)33(4)25-15-30-22(14-31-25)21-7-6-18(19-9-11-35-16-19)12-24(21)36-17-34-5/h6-7,9,12,14-15,20,23,26,32H,8,10-11,13,16-17H2,1-5H3/t20-,23-,26-,28-/m0/s1. The van der Waals surface area contributed by atoms with E-state index in [0.717, 1.165) is 36.0 Å². The van der Waals surface area contributed by atoms with Gasteiger partial charge in [-0.2, -0.15) is 0 Å². The molecule has 8 heteroatoms. The fraction of sp³-hybridized carbons (Fsp3) is 0.571. The number of hydrogen-bond donors (Lipinski definition) is 1. The van der Waals surface area contributed by atoms with E-state index < -0.39 is 11.7 Å². The fourth-order valence-electron chi connectivity index (χ4n) is 5.98. The van der Waals surface area contributed by atoms with Crippen LogP contribution >= 0.6 is 0 Å². The quantitative estimate of drug-likeness (QED) is 0.561. The molecule has 1 aromatic heterocycles. The third-order valence-electron chi connectivity index (χ3n) is 8.18. The number of benzene rings is 1. The highest BCUT2D eigenvalue weighted by atomic mass is 19.1. The number of anilines is 1. The lowest BCUT2D eigenvalue weighted by molar-refractivity contribution is 0.0158. The molecule has 7 nitrogen and oxygen atoms in total. The van der Waals surface area contributed by atoms with Crippen molar-refractivity contribution in [3.8, 4) is 17.0 Å². The zero-order valence-electron chi connectivity index (χ0n) is 21.9. The number of piperidine rings is 1. The van der Waals surface area contributed by atoms with Crippen LogP contribution in [0.15, 0.2) is 36.7 Å². The summed E-state index contributed by atoms with van der Waals surface area (Å²) in [6, 6.07) is 6.10. The molecule has 1 N–H and O–H groups in total. The molecular weight excluding hydrogens is 459 g/mol. The molecule has 4 heterocycles. The van der Waals surface area contributed by atoms with Gasteiger partial charge in [-0.1, -0.05) is 32.9 Å². The van der Waals surface area contributed by atoms with Crippen LogP contribution in [0, 0.1) is 5.41 Å². The lowest BCUT2D eigenvalue weighted by Gasteiger charge is -2.52. The van der Waals surface area contributed by atoms with Gasteiger partial charge in [0.25, 0.3) is 0 Å². The van der Waals surface area contributed by atoms with Gasteiger partial charge in [0.2, 0.25) is 0 Å². The van der Waals surface area contributed by atoms with Crippen LogP contribution in [-0.4, -0.2) is 67.9 Å². The lowest BCUT2D eigenvalue weighted by Crippen LogP contribution is -2.68. The molecule has 3 aliphatic heterocycles. The molecule has 2 saturated heterocycles. The van der Waals surface area contributed by atoms with E-state index in [9.17, 15) is 0 Å². The first-order chi connectivity index (χ1) is 17.2. The van der Waals surface area contributed by atoms with Gasteiger partial charge in [-0.3, -0.25) is 4.98 Å². The van der Waals surface area contributed by atoms with Crippen molar-refractivity contribution >= 4 is 11.4 Å². The molecule has 5 rings (SSSR count). The second kappa shape index (κ2) is 9.72. The molecule has 0 spiro atoms. The fourth-order valence-corrected chi connectivity index (χ4v) is 5.98. The largest absolute Gasteiger partial charge is 0.467 e. The normalized spacial score (nSPS) is 27.7. The molecule has 194 valence electrons. The molecule has 0 amide bonds. The van der Waals surface area contributed by atoms with Crippen LogP contribution in [0.2, 0.25) is 0 Å². The molecule has 2 fully saturated rings.